The second kappa shape index (κ2) is 9.88. The van der Waals surface area contributed by atoms with E-state index in [4.69, 9.17) is 10.5 Å². The first kappa shape index (κ1) is 21.3. The third-order valence-electron chi connectivity index (χ3n) is 5.63. The molecule has 2 saturated heterocycles. The lowest BCUT2D eigenvalue weighted by atomic mass is 10.1. The number of carbonyl (C=O) groups excluding carboxylic acids is 1. The van der Waals surface area contributed by atoms with E-state index in [-0.39, 0.29) is 12.0 Å². The number of hydrogen-bond acceptors (Lipinski definition) is 8. The van der Waals surface area contributed by atoms with Gasteiger partial charge in [-0.25, -0.2) is 4.79 Å². The van der Waals surface area contributed by atoms with E-state index in [0.717, 1.165) is 25.2 Å². The number of carbonyl (C=O) groups is 1. The van der Waals surface area contributed by atoms with Crippen molar-refractivity contribution in [2.45, 2.75) is 19.9 Å². The third kappa shape index (κ3) is 5.39. The van der Waals surface area contributed by atoms with Gasteiger partial charge >= 0.3 is 6.03 Å². The van der Waals surface area contributed by atoms with Crippen molar-refractivity contribution in [3.05, 3.63) is 35.7 Å². The molecule has 166 valence electrons. The van der Waals surface area contributed by atoms with Crippen molar-refractivity contribution in [3.8, 4) is 0 Å². The Hall–Kier alpha value is -2.98. The van der Waals surface area contributed by atoms with Crippen LogP contribution in [0.5, 0.6) is 0 Å². The van der Waals surface area contributed by atoms with Crippen LogP contribution in [0.1, 0.15) is 18.3 Å². The molecule has 1 aromatic carbocycles. The molecule has 2 aliphatic heterocycles. The highest BCUT2D eigenvalue weighted by molar-refractivity contribution is 5.74. The number of amides is 2. The summed E-state index contributed by atoms with van der Waals surface area (Å²) in [5.74, 6) is 1.27. The molecule has 0 saturated carbocycles. The van der Waals surface area contributed by atoms with Crippen molar-refractivity contribution in [1.29, 1.82) is 0 Å². The Morgan fingerprint density at radius 3 is 2.48 bits per heavy atom. The predicted molar refractivity (Wildman–Crippen MR) is 118 cm³/mol. The van der Waals surface area contributed by atoms with Gasteiger partial charge in [0.15, 0.2) is 0 Å². The van der Waals surface area contributed by atoms with Gasteiger partial charge in [0.05, 0.1) is 19.8 Å². The van der Waals surface area contributed by atoms with Gasteiger partial charge in [0.25, 0.3) is 0 Å². The molecular weight excluding hydrogens is 396 g/mol. The molecule has 1 aromatic heterocycles. The highest BCUT2D eigenvalue weighted by atomic mass is 16.5. The number of nitrogens with one attached hydrogen (secondary N) is 1. The number of piperazine rings is 1. The van der Waals surface area contributed by atoms with Crippen LogP contribution in [-0.4, -0.2) is 88.2 Å². The Balaban J connectivity index is 1.35. The number of ether oxygens (including phenoxy) is 1. The molecule has 2 fully saturated rings. The molecule has 31 heavy (non-hydrogen) atoms. The van der Waals surface area contributed by atoms with Crippen LogP contribution < -0.4 is 11.1 Å². The lowest BCUT2D eigenvalue weighted by molar-refractivity contribution is 0.0371. The zero-order chi connectivity index (χ0) is 21.6. The van der Waals surface area contributed by atoms with Gasteiger partial charge in [-0.3, -0.25) is 4.90 Å². The molecule has 10 nitrogen and oxygen atoms in total. The lowest BCUT2D eigenvalue weighted by Gasteiger charge is -2.38. The largest absolute Gasteiger partial charge is 0.378 e. The number of urea groups is 1. The maximum Gasteiger partial charge on any atom is 0.320 e. The summed E-state index contributed by atoms with van der Waals surface area (Å²) in [6, 6.07) is 8.17. The van der Waals surface area contributed by atoms with Crippen molar-refractivity contribution in [3.63, 3.8) is 0 Å². The molecule has 10 heteroatoms. The normalized spacial score (nSPS) is 17.6. The van der Waals surface area contributed by atoms with E-state index in [1.165, 1.54) is 5.56 Å². The molecule has 2 aliphatic rings. The Bertz CT molecular complexity index is 895. The number of para-hydroxylation sites is 1. The van der Waals surface area contributed by atoms with Gasteiger partial charge in [-0.15, -0.1) is 0 Å². The number of morpholine rings is 1. The number of nitrogens with two attached hydrogens (primary N) is 1. The zero-order valence-electron chi connectivity index (χ0n) is 18.0. The minimum absolute atomic E-state index is 0.105. The van der Waals surface area contributed by atoms with Crippen LogP contribution in [0.4, 0.5) is 22.4 Å². The van der Waals surface area contributed by atoms with E-state index in [0.29, 0.717) is 57.7 Å². The third-order valence-corrected chi connectivity index (χ3v) is 5.63. The number of aromatic nitrogens is 3. The summed E-state index contributed by atoms with van der Waals surface area (Å²) in [4.78, 5) is 31.8. The van der Waals surface area contributed by atoms with Gasteiger partial charge in [-0.05, 0) is 18.1 Å². The van der Waals surface area contributed by atoms with Gasteiger partial charge in [-0.1, -0.05) is 25.1 Å². The number of hydrogen-bond donors (Lipinski definition) is 2. The van der Waals surface area contributed by atoms with Gasteiger partial charge in [0.1, 0.15) is 5.82 Å². The number of nitrogens with zero attached hydrogens (tertiary/aromatic N) is 6. The van der Waals surface area contributed by atoms with E-state index < -0.39 is 0 Å². The summed E-state index contributed by atoms with van der Waals surface area (Å²) in [7, 11) is 0. The zero-order valence-corrected chi connectivity index (χ0v) is 18.0. The molecule has 0 aliphatic carbocycles. The predicted octanol–water partition coefficient (Wildman–Crippen LogP) is 1.33. The summed E-state index contributed by atoms with van der Waals surface area (Å²) < 4.78 is 5.34. The minimum atomic E-state index is 0.105. The van der Waals surface area contributed by atoms with Gasteiger partial charge in [-0.2, -0.15) is 15.0 Å². The smallest absolute Gasteiger partial charge is 0.320 e. The fourth-order valence-corrected chi connectivity index (χ4v) is 3.89. The summed E-state index contributed by atoms with van der Waals surface area (Å²) >= 11 is 0. The maximum absolute atomic E-state index is 12.7. The Labute approximate surface area is 182 Å². The number of anilines is 3. The minimum Gasteiger partial charge on any atom is -0.378 e. The number of rotatable bonds is 5. The molecule has 0 unspecified atom stereocenters. The van der Waals surface area contributed by atoms with Gasteiger partial charge in [0.2, 0.25) is 11.9 Å². The van der Waals surface area contributed by atoms with Crippen LogP contribution >= 0.6 is 0 Å². The van der Waals surface area contributed by atoms with Crippen molar-refractivity contribution in [2.75, 3.05) is 63.5 Å². The van der Waals surface area contributed by atoms with Crippen LogP contribution in [-0.2, 0) is 17.7 Å². The van der Waals surface area contributed by atoms with Crippen LogP contribution in [0.25, 0.3) is 0 Å². The average Bonchev–Trinajstić information content (AvgIpc) is 2.80. The van der Waals surface area contributed by atoms with E-state index in [1.807, 2.05) is 28.0 Å². The quantitative estimate of drug-likeness (QED) is 0.736. The van der Waals surface area contributed by atoms with E-state index >= 15 is 0 Å². The van der Waals surface area contributed by atoms with Crippen molar-refractivity contribution in [1.82, 2.24) is 29.7 Å². The fraction of sp³-hybridized carbons (Fsp3) is 0.524. The van der Waals surface area contributed by atoms with Crippen molar-refractivity contribution < 1.29 is 9.53 Å². The molecule has 0 atom stereocenters. The number of benzene rings is 1. The second-order valence-corrected chi connectivity index (χ2v) is 7.71. The average molecular weight is 427 g/mol. The van der Waals surface area contributed by atoms with Crippen LogP contribution in [0.2, 0.25) is 0 Å². The molecule has 2 aromatic rings. The van der Waals surface area contributed by atoms with E-state index in [1.54, 1.807) is 0 Å². The van der Waals surface area contributed by atoms with E-state index in [9.17, 15) is 4.79 Å². The molecule has 3 heterocycles. The monoisotopic (exact) mass is 426 g/mol. The Kier molecular flexibility index (Phi) is 6.78. The summed E-state index contributed by atoms with van der Waals surface area (Å²) in [5, 5.41) is 3.27. The standard InChI is InChI=1S/C21H30N8O2/c1-2-16-5-3-4-6-17(16)23-20-25-18(24-19(22)26-20)15-27-7-9-28(10-8-27)21(30)29-11-13-31-14-12-29/h3-6H,2,7-15H2,1H3,(H3,22,23,24,25,26). The summed E-state index contributed by atoms with van der Waals surface area (Å²) in [6.45, 7) is 8.15. The summed E-state index contributed by atoms with van der Waals surface area (Å²) in [5.41, 5.74) is 8.10. The SMILES string of the molecule is CCc1ccccc1Nc1nc(N)nc(CN2CCN(C(=O)N3CCOCC3)CC2)n1. The molecule has 2 amide bonds. The molecule has 4 rings (SSSR count). The van der Waals surface area contributed by atoms with Crippen LogP contribution in [0, 0.1) is 0 Å². The number of aryl methyl sites for hydroxylation is 1. The molecule has 0 spiro atoms. The first-order valence-corrected chi connectivity index (χ1v) is 10.8. The number of nitrogen functional groups attached to an aromatic ring is 1. The van der Waals surface area contributed by atoms with Gasteiger partial charge < -0.3 is 25.6 Å². The first-order valence-electron chi connectivity index (χ1n) is 10.8. The summed E-state index contributed by atoms with van der Waals surface area (Å²) in [6.07, 6.45) is 0.907. The molecule has 0 radical (unpaired) electrons. The topological polar surface area (TPSA) is 113 Å². The van der Waals surface area contributed by atoms with Crippen molar-refractivity contribution in [2.24, 2.45) is 0 Å². The Morgan fingerprint density at radius 1 is 1.03 bits per heavy atom. The van der Waals surface area contributed by atoms with Crippen molar-refractivity contribution >= 4 is 23.6 Å². The molecule has 0 bridgehead atoms. The molecule has 3 N–H and O–H groups in total. The Morgan fingerprint density at radius 2 is 1.74 bits per heavy atom. The van der Waals surface area contributed by atoms with E-state index in [2.05, 4.69) is 38.2 Å². The highest BCUT2D eigenvalue weighted by Crippen LogP contribution is 2.20. The lowest BCUT2D eigenvalue weighted by Crippen LogP contribution is -2.54. The highest BCUT2D eigenvalue weighted by Gasteiger charge is 2.26. The molecular formula is C21H30N8O2. The van der Waals surface area contributed by atoms with Crippen LogP contribution in [0.3, 0.4) is 0 Å². The fourth-order valence-electron chi connectivity index (χ4n) is 3.89. The maximum atomic E-state index is 12.7. The van der Waals surface area contributed by atoms with Gasteiger partial charge in [0, 0.05) is 45.0 Å². The second-order valence-electron chi connectivity index (χ2n) is 7.71. The first-order chi connectivity index (χ1) is 15.1. The van der Waals surface area contributed by atoms with Crippen LogP contribution in [0.15, 0.2) is 24.3 Å².